The van der Waals surface area contributed by atoms with Crippen molar-refractivity contribution in [2.24, 2.45) is 0 Å². The van der Waals surface area contributed by atoms with Crippen LogP contribution in [0, 0.1) is 0 Å². The molecule has 0 radical (unpaired) electrons. The number of rotatable bonds is 1. The third kappa shape index (κ3) is 3.37. The first kappa shape index (κ1) is 10.2. The van der Waals surface area contributed by atoms with E-state index >= 15 is 0 Å². The van der Waals surface area contributed by atoms with Gasteiger partial charge in [0.15, 0.2) is 0 Å². The monoisotopic (exact) mass is 166 g/mol. The summed E-state index contributed by atoms with van der Waals surface area (Å²) in [6.45, 7) is 1.39. The maximum Gasteiger partial charge on any atom is 1.00 e. The first-order chi connectivity index (χ1) is 4.29. The maximum atomic E-state index is 10.3. The molecule has 0 aliphatic heterocycles. The third-order valence-corrected chi connectivity index (χ3v) is 1.42. The Bertz CT molecular complexity index is 200. The van der Waals surface area contributed by atoms with Crippen molar-refractivity contribution in [1.29, 1.82) is 0 Å². The van der Waals surface area contributed by atoms with Gasteiger partial charge in [-0.25, -0.2) is 0 Å². The number of hydrogen-bond acceptors (Lipinski definition) is 3. The van der Waals surface area contributed by atoms with Crippen LogP contribution in [0.15, 0.2) is 16.8 Å². The third-order valence-electron chi connectivity index (χ3n) is 0.757. The molecule has 0 aliphatic carbocycles. The summed E-state index contributed by atoms with van der Waals surface area (Å²) in [6.07, 6.45) is 0. The Labute approximate surface area is 87.0 Å². The van der Waals surface area contributed by atoms with Crippen molar-refractivity contribution in [3.63, 3.8) is 0 Å². The van der Waals surface area contributed by atoms with Gasteiger partial charge in [-0.3, -0.25) is 4.79 Å². The first-order valence-electron chi connectivity index (χ1n) is 2.49. The van der Waals surface area contributed by atoms with Crippen molar-refractivity contribution in [3.05, 3.63) is 16.8 Å². The van der Waals surface area contributed by atoms with Gasteiger partial charge in [-0.15, -0.1) is 11.3 Å². The molecule has 0 spiro atoms. The van der Waals surface area contributed by atoms with E-state index in [1.54, 1.807) is 11.4 Å². The Morgan fingerprint density at radius 3 is 2.90 bits per heavy atom. The zero-order chi connectivity index (χ0) is 6.69. The average Bonchev–Trinajstić information content (AvgIpc) is 2.15. The Balaban J connectivity index is 0. The Hall–Kier alpha value is 0.170. The molecule has 0 aliphatic rings. The fourth-order valence-electron chi connectivity index (χ4n) is 0.476. The van der Waals surface area contributed by atoms with E-state index in [9.17, 15) is 4.79 Å². The summed E-state index contributed by atoms with van der Waals surface area (Å²) < 4.78 is 4.73. The van der Waals surface area contributed by atoms with E-state index in [0.29, 0.717) is 5.75 Å². The molecule has 2 nitrogen and oxygen atoms in total. The van der Waals surface area contributed by atoms with Crippen molar-refractivity contribution in [2.45, 2.75) is 6.92 Å². The number of carbonyl (C=O) groups is 1. The molecule has 0 saturated heterocycles. The summed E-state index contributed by atoms with van der Waals surface area (Å²) in [6, 6.07) is 1.76. The minimum Gasteiger partial charge on any atom is -1.00 e. The van der Waals surface area contributed by atoms with E-state index in [1.807, 2.05) is 5.38 Å². The van der Waals surface area contributed by atoms with Gasteiger partial charge in [0, 0.05) is 12.3 Å². The van der Waals surface area contributed by atoms with Crippen LogP contribution >= 0.6 is 11.3 Å². The molecule has 1 aromatic rings. The van der Waals surface area contributed by atoms with Gasteiger partial charge >= 0.3 is 35.5 Å². The van der Waals surface area contributed by atoms with Gasteiger partial charge in [0.1, 0.15) is 5.75 Å². The van der Waals surface area contributed by atoms with Crippen LogP contribution in [-0.4, -0.2) is 5.97 Å². The predicted molar refractivity (Wildman–Crippen MR) is 36.7 cm³/mol. The molecule has 1 heterocycles. The second-order valence-corrected chi connectivity index (χ2v) is 2.33. The second-order valence-electron chi connectivity index (χ2n) is 1.55. The molecule has 0 amide bonds. The number of hydrogen-bond donors (Lipinski definition) is 0. The van der Waals surface area contributed by atoms with Crippen LogP contribution in [0.5, 0.6) is 5.75 Å². The number of esters is 1. The first-order valence-corrected chi connectivity index (χ1v) is 3.44. The Morgan fingerprint density at radius 2 is 2.50 bits per heavy atom. The minimum absolute atomic E-state index is 0. The summed E-state index contributed by atoms with van der Waals surface area (Å²) in [5.41, 5.74) is 0. The van der Waals surface area contributed by atoms with Crippen LogP contribution in [0.3, 0.4) is 0 Å². The molecule has 0 saturated carbocycles. The van der Waals surface area contributed by atoms with Gasteiger partial charge in [-0.2, -0.15) is 0 Å². The molecular weight excluding hydrogens is 159 g/mol. The summed E-state index contributed by atoms with van der Waals surface area (Å²) in [5, 5.41) is 3.64. The molecule has 0 N–H and O–H groups in total. The molecule has 50 valence electrons. The molecular formula is C6H7NaO2S. The SMILES string of the molecule is CC(=O)Oc1ccsc1.[H-].[Na+]. The van der Waals surface area contributed by atoms with E-state index in [0.717, 1.165) is 0 Å². The molecule has 4 heteroatoms. The van der Waals surface area contributed by atoms with E-state index in [1.165, 1.54) is 18.3 Å². The van der Waals surface area contributed by atoms with E-state index in [4.69, 9.17) is 4.74 Å². The van der Waals surface area contributed by atoms with Crippen LogP contribution in [0.2, 0.25) is 0 Å². The van der Waals surface area contributed by atoms with Crippen molar-refractivity contribution in [1.82, 2.24) is 0 Å². The normalized spacial score (nSPS) is 8.10. The van der Waals surface area contributed by atoms with Crippen LogP contribution in [0.1, 0.15) is 8.35 Å². The van der Waals surface area contributed by atoms with Gasteiger partial charge < -0.3 is 6.16 Å². The Kier molecular flexibility index (Phi) is 4.99. The molecule has 1 rings (SSSR count). The van der Waals surface area contributed by atoms with Gasteiger partial charge in [0.05, 0.1) is 0 Å². The maximum absolute atomic E-state index is 10.3. The molecule has 0 aromatic carbocycles. The van der Waals surface area contributed by atoms with Crippen molar-refractivity contribution in [3.8, 4) is 5.75 Å². The van der Waals surface area contributed by atoms with Crippen LogP contribution in [0.25, 0.3) is 0 Å². The molecule has 10 heavy (non-hydrogen) atoms. The van der Waals surface area contributed by atoms with Gasteiger partial charge in [-0.1, -0.05) is 0 Å². The molecule has 0 atom stereocenters. The van der Waals surface area contributed by atoms with Crippen molar-refractivity contribution in [2.75, 3.05) is 0 Å². The van der Waals surface area contributed by atoms with E-state index in [2.05, 4.69) is 0 Å². The summed E-state index contributed by atoms with van der Waals surface area (Å²) in [7, 11) is 0. The topological polar surface area (TPSA) is 26.3 Å². The quantitative estimate of drug-likeness (QED) is 0.386. The smallest absolute Gasteiger partial charge is 1.00 e. The van der Waals surface area contributed by atoms with E-state index < -0.39 is 0 Å². The number of thiophene rings is 1. The largest absolute Gasteiger partial charge is 1.00 e. The van der Waals surface area contributed by atoms with Crippen LogP contribution < -0.4 is 34.3 Å². The average molecular weight is 166 g/mol. The summed E-state index contributed by atoms with van der Waals surface area (Å²) in [4.78, 5) is 10.3. The fraction of sp³-hybridized carbons (Fsp3) is 0.167. The fourth-order valence-corrected chi connectivity index (χ4v) is 1.03. The summed E-state index contributed by atoms with van der Waals surface area (Å²) in [5.74, 6) is 0.362. The van der Waals surface area contributed by atoms with Crippen molar-refractivity contribution >= 4 is 17.3 Å². The second kappa shape index (κ2) is 4.91. The zero-order valence-corrected chi connectivity index (χ0v) is 8.77. The predicted octanol–water partition coefficient (Wildman–Crippen LogP) is -1.21. The molecule has 1 aromatic heterocycles. The van der Waals surface area contributed by atoms with Gasteiger partial charge in [-0.05, 0) is 11.4 Å². The van der Waals surface area contributed by atoms with Gasteiger partial charge in [0.2, 0.25) is 0 Å². The van der Waals surface area contributed by atoms with Crippen LogP contribution in [0.4, 0.5) is 0 Å². The standard InChI is InChI=1S/C6H6O2S.Na.H/c1-5(7)8-6-2-3-9-4-6;;/h2-4H,1H3;;/q;+1;-1. The molecule has 0 fully saturated rings. The van der Waals surface area contributed by atoms with E-state index in [-0.39, 0.29) is 37.0 Å². The number of carbonyl (C=O) groups excluding carboxylic acids is 1. The molecule has 0 bridgehead atoms. The minimum atomic E-state index is -0.270. The van der Waals surface area contributed by atoms with Crippen molar-refractivity contribution < 1.29 is 40.5 Å². The van der Waals surface area contributed by atoms with Gasteiger partial charge in [0.25, 0.3) is 0 Å². The van der Waals surface area contributed by atoms with Crippen LogP contribution in [-0.2, 0) is 4.79 Å². The Morgan fingerprint density at radius 1 is 1.80 bits per heavy atom. The summed E-state index contributed by atoms with van der Waals surface area (Å²) >= 11 is 1.50. The zero-order valence-electron chi connectivity index (χ0n) is 6.96. The molecule has 0 unspecified atom stereocenters. The number of ether oxygens (including phenoxy) is 1.